The van der Waals surface area contributed by atoms with Gasteiger partial charge >= 0.3 is 0 Å². The smallest absolute Gasteiger partial charge is 0.152 e. The van der Waals surface area contributed by atoms with Crippen molar-refractivity contribution in [3.63, 3.8) is 0 Å². The molecule has 0 amide bonds. The fraction of sp³-hybridized carbons (Fsp3) is 0.545. The van der Waals surface area contributed by atoms with Crippen molar-refractivity contribution in [3.05, 3.63) is 12.3 Å². The molecule has 1 aromatic rings. The summed E-state index contributed by atoms with van der Waals surface area (Å²) < 4.78 is 1.03. The normalized spacial score (nSPS) is 10.5. The van der Waals surface area contributed by atoms with Crippen molar-refractivity contribution in [3.8, 4) is 0 Å². The van der Waals surface area contributed by atoms with Gasteiger partial charge in [0, 0.05) is 0 Å². The second-order valence-electron chi connectivity index (χ2n) is 3.46. The first-order chi connectivity index (χ1) is 7.19. The molecule has 0 bridgehead atoms. The van der Waals surface area contributed by atoms with Crippen LogP contribution in [0.4, 0.5) is 5.00 Å². The minimum absolute atomic E-state index is 0.806. The van der Waals surface area contributed by atoms with E-state index >= 15 is 0 Å². The molecule has 1 heterocycles. The Morgan fingerprint density at radius 2 is 2.27 bits per heavy atom. The predicted molar refractivity (Wildman–Crippen MR) is 71.5 cm³/mol. The average Bonchev–Trinajstić information content (AvgIpc) is 2.60. The Morgan fingerprint density at radius 1 is 1.53 bits per heavy atom. The van der Waals surface area contributed by atoms with Gasteiger partial charge in [-0.15, -0.1) is 0 Å². The fourth-order valence-corrected chi connectivity index (χ4v) is 2.76. The number of thioether (sulfide) groups is 1. The van der Waals surface area contributed by atoms with Crippen LogP contribution in [0.1, 0.15) is 38.3 Å². The van der Waals surface area contributed by atoms with Crippen molar-refractivity contribution in [2.24, 2.45) is 0 Å². The largest absolute Gasteiger partial charge is 0.389 e. The minimum Gasteiger partial charge on any atom is -0.389 e. The molecule has 0 saturated carbocycles. The Hall–Kier alpha value is -0.480. The lowest BCUT2D eigenvalue weighted by molar-refractivity contribution is 0.735. The quantitative estimate of drug-likeness (QED) is 0.604. The summed E-state index contributed by atoms with van der Waals surface area (Å²) >= 11 is 3.19. The monoisotopic (exact) mass is 242 g/mol. The van der Waals surface area contributed by atoms with E-state index in [1.54, 1.807) is 23.1 Å². The Balaban J connectivity index is 2.60. The predicted octanol–water partition coefficient (Wildman–Crippen LogP) is 4.04. The van der Waals surface area contributed by atoms with Crippen LogP contribution in [-0.2, 0) is 0 Å². The highest BCUT2D eigenvalue weighted by Gasteiger charge is 2.10. The first kappa shape index (κ1) is 12.6. The van der Waals surface area contributed by atoms with Crippen molar-refractivity contribution < 1.29 is 0 Å². The Bertz CT molecular complexity index is 331. The summed E-state index contributed by atoms with van der Waals surface area (Å²) in [6.45, 7) is 6.26. The molecule has 0 aliphatic rings. The summed E-state index contributed by atoms with van der Waals surface area (Å²) in [5, 5.41) is 0.806. The van der Waals surface area contributed by atoms with Gasteiger partial charge in [-0.3, -0.25) is 0 Å². The number of thiazole rings is 1. The van der Waals surface area contributed by atoms with Crippen molar-refractivity contribution in [2.45, 2.75) is 36.9 Å². The number of hydrogen-bond acceptors (Lipinski definition) is 4. The molecule has 0 spiro atoms. The number of nitrogens with zero attached hydrogens (tertiary/aromatic N) is 1. The lowest BCUT2D eigenvalue weighted by Crippen LogP contribution is -1.90. The van der Waals surface area contributed by atoms with E-state index in [1.807, 2.05) is 6.26 Å². The third kappa shape index (κ3) is 3.54. The Kier molecular flexibility index (Phi) is 5.19. The van der Waals surface area contributed by atoms with Gasteiger partial charge in [-0.25, -0.2) is 4.98 Å². The summed E-state index contributed by atoms with van der Waals surface area (Å²) in [6, 6.07) is 0. The van der Waals surface area contributed by atoms with Gasteiger partial charge in [0.25, 0.3) is 0 Å². The molecular weight excluding hydrogens is 224 g/mol. The maximum absolute atomic E-state index is 5.90. The van der Waals surface area contributed by atoms with Crippen LogP contribution in [0, 0.1) is 0 Å². The lowest BCUT2D eigenvalue weighted by Gasteiger charge is -2.02. The van der Waals surface area contributed by atoms with Gasteiger partial charge < -0.3 is 5.73 Å². The van der Waals surface area contributed by atoms with Crippen LogP contribution in [0.15, 0.2) is 10.9 Å². The molecule has 15 heavy (non-hydrogen) atoms. The lowest BCUT2D eigenvalue weighted by atomic mass is 10.1. The van der Waals surface area contributed by atoms with Crippen molar-refractivity contribution in [1.29, 1.82) is 0 Å². The first-order valence-electron chi connectivity index (χ1n) is 5.17. The third-order valence-electron chi connectivity index (χ3n) is 2.23. The molecule has 0 aliphatic carbocycles. The van der Waals surface area contributed by atoms with Crippen LogP contribution >= 0.6 is 23.1 Å². The Morgan fingerprint density at radius 3 is 2.80 bits per heavy atom. The molecule has 0 unspecified atom stereocenters. The summed E-state index contributed by atoms with van der Waals surface area (Å²) in [5.41, 5.74) is 7.90. The molecule has 0 radical (unpaired) electrons. The molecule has 0 aliphatic heterocycles. The SMILES string of the molecule is C=C(CCCCC)c1nc(SC)sc1N. The number of anilines is 1. The zero-order valence-electron chi connectivity index (χ0n) is 9.38. The summed E-state index contributed by atoms with van der Waals surface area (Å²) in [7, 11) is 0. The number of rotatable bonds is 6. The molecule has 0 atom stereocenters. The van der Waals surface area contributed by atoms with Crippen LogP contribution in [0.5, 0.6) is 0 Å². The summed E-state index contributed by atoms with van der Waals surface area (Å²) in [5.74, 6) is 0. The molecule has 1 aromatic heterocycles. The van der Waals surface area contributed by atoms with E-state index in [4.69, 9.17) is 5.73 Å². The van der Waals surface area contributed by atoms with Gasteiger partial charge in [0.2, 0.25) is 0 Å². The molecular formula is C11H18N2S2. The number of aromatic nitrogens is 1. The number of hydrogen-bond donors (Lipinski definition) is 1. The van der Waals surface area contributed by atoms with Gasteiger partial charge in [-0.05, 0) is 24.7 Å². The topological polar surface area (TPSA) is 38.9 Å². The molecule has 2 nitrogen and oxygen atoms in total. The van der Waals surface area contributed by atoms with E-state index in [0.717, 1.165) is 27.0 Å². The zero-order valence-corrected chi connectivity index (χ0v) is 11.0. The van der Waals surface area contributed by atoms with E-state index in [1.165, 1.54) is 19.3 Å². The second kappa shape index (κ2) is 6.18. The number of allylic oxidation sites excluding steroid dienone is 1. The van der Waals surface area contributed by atoms with E-state index in [0.29, 0.717) is 0 Å². The van der Waals surface area contributed by atoms with E-state index in [2.05, 4.69) is 18.5 Å². The zero-order chi connectivity index (χ0) is 11.3. The highest BCUT2D eigenvalue weighted by atomic mass is 32.2. The molecule has 0 fully saturated rings. The molecule has 84 valence electrons. The van der Waals surface area contributed by atoms with Gasteiger partial charge in [0.1, 0.15) is 10.7 Å². The van der Waals surface area contributed by atoms with Crippen molar-refractivity contribution in [2.75, 3.05) is 12.0 Å². The van der Waals surface area contributed by atoms with E-state index in [9.17, 15) is 0 Å². The van der Waals surface area contributed by atoms with Crippen LogP contribution in [0.2, 0.25) is 0 Å². The standard InChI is InChI=1S/C11H18N2S2/c1-4-5-6-7-8(2)9-10(12)15-11(13-9)14-3/h2,4-7,12H2,1,3H3. The highest BCUT2D eigenvalue weighted by molar-refractivity contribution is 8.00. The summed E-state index contributed by atoms with van der Waals surface area (Å²) in [4.78, 5) is 4.46. The highest BCUT2D eigenvalue weighted by Crippen LogP contribution is 2.32. The van der Waals surface area contributed by atoms with Crippen LogP contribution < -0.4 is 5.73 Å². The average molecular weight is 242 g/mol. The molecule has 4 heteroatoms. The number of unbranched alkanes of at least 4 members (excludes halogenated alkanes) is 2. The minimum atomic E-state index is 0.806. The van der Waals surface area contributed by atoms with Crippen molar-refractivity contribution >= 4 is 33.7 Å². The molecule has 2 N–H and O–H groups in total. The fourth-order valence-electron chi connectivity index (χ4n) is 1.36. The second-order valence-corrected chi connectivity index (χ2v) is 5.54. The third-order valence-corrected chi connectivity index (χ3v) is 4.10. The number of nitrogens with two attached hydrogens (primary N) is 1. The number of nitrogen functional groups attached to an aromatic ring is 1. The van der Waals surface area contributed by atoms with Crippen LogP contribution in [0.25, 0.3) is 5.57 Å². The van der Waals surface area contributed by atoms with Crippen molar-refractivity contribution in [1.82, 2.24) is 4.98 Å². The van der Waals surface area contributed by atoms with Gasteiger partial charge in [0.15, 0.2) is 4.34 Å². The first-order valence-corrected chi connectivity index (χ1v) is 7.21. The van der Waals surface area contributed by atoms with Crippen LogP contribution in [-0.4, -0.2) is 11.2 Å². The van der Waals surface area contributed by atoms with E-state index < -0.39 is 0 Å². The molecule has 1 rings (SSSR count). The molecule has 0 saturated heterocycles. The maximum Gasteiger partial charge on any atom is 0.152 e. The van der Waals surface area contributed by atoms with E-state index in [-0.39, 0.29) is 0 Å². The summed E-state index contributed by atoms with van der Waals surface area (Å²) in [6.07, 6.45) is 6.69. The molecule has 0 aromatic carbocycles. The van der Waals surface area contributed by atoms with Crippen LogP contribution in [0.3, 0.4) is 0 Å². The maximum atomic E-state index is 5.90. The Labute approximate surface area is 100.0 Å². The van der Waals surface area contributed by atoms with Gasteiger partial charge in [-0.1, -0.05) is 49.4 Å². The van der Waals surface area contributed by atoms with Gasteiger partial charge in [0.05, 0.1) is 0 Å². The van der Waals surface area contributed by atoms with Gasteiger partial charge in [-0.2, -0.15) is 0 Å².